The van der Waals surface area contributed by atoms with E-state index in [9.17, 15) is 19.7 Å². The van der Waals surface area contributed by atoms with Gasteiger partial charge in [0.25, 0.3) is 11.6 Å². The third-order valence-electron chi connectivity index (χ3n) is 7.07. The van der Waals surface area contributed by atoms with Gasteiger partial charge in [0.15, 0.2) is 11.7 Å². The Labute approximate surface area is 263 Å². The molecule has 3 N–H and O–H groups in total. The first kappa shape index (κ1) is 30.9. The van der Waals surface area contributed by atoms with E-state index < -0.39 is 22.8 Å². The number of esters is 1. The van der Waals surface area contributed by atoms with Crippen LogP contribution in [-0.2, 0) is 20.9 Å². The van der Waals surface area contributed by atoms with Crippen LogP contribution in [0.4, 0.5) is 5.69 Å². The number of aromatic nitrogens is 1. The van der Waals surface area contributed by atoms with E-state index in [2.05, 4.69) is 21.2 Å². The molecule has 4 aromatic rings. The van der Waals surface area contributed by atoms with Crippen molar-refractivity contribution in [2.24, 2.45) is 5.10 Å². The van der Waals surface area contributed by atoms with Gasteiger partial charge in [0, 0.05) is 52.6 Å². The van der Waals surface area contributed by atoms with Crippen molar-refractivity contribution < 1.29 is 24.0 Å². The van der Waals surface area contributed by atoms with E-state index in [1.165, 1.54) is 12.1 Å². The number of nitrogens with zero attached hydrogens (tertiary/aromatic N) is 3. The number of rotatable bonds is 11. The van der Waals surface area contributed by atoms with E-state index in [1.807, 2.05) is 35.0 Å². The number of nitro benzene ring substituents is 1. The molecule has 0 aliphatic carbocycles. The Morgan fingerprint density at radius 3 is 2.60 bits per heavy atom. The van der Waals surface area contributed by atoms with E-state index >= 15 is 0 Å². The van der Waals surface area contributed by atoms with E-state index in [1.54, 1.807) is 56.5 Å². The first-order chi connectivity index (χ1) is 21.7. The molecule has 0 fully saturated rings. The Kier molecular flexibility index (Phi) is 9.49. The van der Waals surface area contributed by atoms with Crippen molar-refractivity contribution >= 4 is 52.0 Å². The second-order valence-electron chi connectivity index (χ2n) is 10.1. The number of thiocarbonyl (C=S) groups is 1. The zero-order valence-corrected chi connectivity index (χ0v) is 25.3. The van der Waals surface area contributed by atoms with Crippen molar-refractivity contribution in [3.63, 3.8) is 0 Å². The number of hydrogen-bond acceptors (Lipinski definition) is 8. The number of non-ortho nitro benzene ring substituents is 1. The van der Waals surface area contributed by atoms with Gasteiger partial charge in [0.1, 0.15) is 5.75 Å². The number of fused-ring (bicyclic) bond motifs is 1. The fourth-order valence-electron chi connectivity index (χ4n) is 5.04. The summed E-state index contributed by atoms with van der Waals surface area (Å²) in [7, 11) is 0. The summed E-state index contributed by atoms with van der Waals surface area (Å²) in [4.78, 5) is 36.0. The van der Waals surface area contributed by atoms with Crippen LogP contribution >= 0.6 is 12.2 Å². The molecule has 1 aromatic heterocycles. The largest absolute Gasteiger partial charge is 0.483 e. The number of carbonyl (C=O) groups excluding carboxylic acids is 2. The maximum absolute atomic E-state index is 12.8. The average Bonchev–Trinajstić information content (AvgIpc) is 3.37. The molecular formula is C32H30N6O6S. The van der Waals surface area contributed by atoms with Crippen LogP contribution in [0.25, 0.3) is 10.9 Å². The molecule has 0 radical (unpaired) electrons. The van der Waals surface area contributed by atoms with Crippen molar-refractivity contribution in [2.75, 3.05) is 13.2 Å². The molecule has 13 heteroatoms. The van der Waals surface area contributed by atoms with Gasteiger partial charge < -0.3 is 24.7 Å². The minimum absolute atomic E-state index is 0.0348. The Hall–Kier alpha value is -5.56. The van der Waals surface area contributed by atoms with Gasteiger partial charge >= 0.3 is 5.97 Å². The lowest BCUT2D eigenvalue weighted by Gasteiger charge is -2.30. The molecule has 5 rings (SSSR count). The lowest BCUT2D eigenvalue weighted by Crippen LogP contribution is -2.45. The summed E-state index contributed by atoms with van der Waals surface area (Å²) >= 11 is 5.33. The summed E-state index contributed by atoms with van der Waals surface area (Å²) in [5.74, 6) is -0.581. The van der Waals surface area contributed by atoms with Crippen LogP contribution in [0.3, 0.4) is 0 Å². The quantitative estimate of drug-likeness (QED) is 0.0720. The molecule has 3 aromatic carbocycles. The first-order valence-corrected chi connectivity index (χ1v) is 14.5. The van der Waals surface area contributed by atoms with Gasteiger partial charge in [0.2, 0.25) is 0 Å². The highest BCUT2D eigenvalue weighted by Crippen LogP contribution is 2.33. The van der Waals surface area contributed by atoms with Crippen LogP contribution in [0.1, 0.15) is 36.6 Å². The number of hydrazone groups is 1. The Morgan fingerprint density at radius 2 is 1.84 bits per heavy atom. The second-order valence-corrected chi connectivity index (χ2v) is 10.5. The van der Waals surface area contributed by atoms with Gasteiger partial charge in [0.05, 0.1) is 29.4 Å². The van der Waals surface area contributed by atoms with Crippen LogP contribution in [0.5, 0.6) is 5.75 Å². The van der Waals surface area contributed by atoms with Crippen LogP contribution < -0.4 is 20.8 Å². The monoisotopic (exact) mass is 626 g/mol. The SMILES string of the molecule is CCOC(=O)C1=C(C)NC(=S)N[C@H]1c1ccccc1OCC(=O)NN=Cc1cn(Cc2ccc([N+](=O)[O-])cc2)c2ccccc12. The van der Waals surface area contributed by atoms with Gasteiger partial charge in [-0.2, -0.15) is 5.10 Å². The number of nitrogens with one attached hydrogen (secondary N) is 3. The average molecular weight is 627 g/mol. The predicted octanol–water partition coefficient (Wildman–Crippen LogP) is 4.48. The van der Waals surface area contributed by atoms with Crippen molar-refractivity contribution in [3.8, 4) is 5.75 Å². The molecule has 0 bridgehead atoms. The topological polar surface area (TPSA) is 149 Å². The molecule has 2 heterocycles. The maximum atomic E-state index is 12.8. The molecule has 45 heavy (non-hydrogen) atoms. The van der Waals surface area contributed by atoms with Gasteiger partial charge in [-0.25, -0.2) is 10.2 Å². The summed E-state index contributed by atoms with van der Waals surface area (Å²) in [6.07, 6.45) is 3.46. The molecule has 0 saturated heterocycles. The van der Waals surface area contributed by atoms with Crippen LogP contribution in [0.2, 0.25) is 0 Å². The zero-order chi connectivity index (χ0) is 31.9. The molecule has 1 aliphatic heterocycles. The highest BCUT2D eigenvalue weighted by molar-refractivity contribution is 7.80. The minimum Gasteiger partial charge on any atom is -0.483 e. The standard InChI is InChI=1S/C32H30N6O6S/c1-3-43-31(40)29-20(2)34-32(45)35-30(29)25-9-5-7-11-27(25)44-19-28(39)36-33-16-22-18-37(26-10-6-4-8-24(22)26)17-21-12-14-23(15-13-21)38(41)42/h4-16,18,30H,3,17,19H2,1-2H3,(H,36,39)(H2,34,35,45)/t30-/m0/s1. The second kappa shape index (κ2) is 13.8. The Balaban J connectivity index is 1.26. The predicted molar refractivity (Wildman–Crippen MR) is 173 cm³/mol. The maximum Gasteiger partial charge on any atom is 0.338 e. The molecule has 0 saturated carbocycles. The van der Waals surface area contributed by atoms with Gasteiger partial charge in [-0.05, 0) is 43.8 Å². The molecule has 1 atom stereocenters. The van der Waals surface area contributed by atoms with E-state index in [0.717, 1.165) is 22.0 Å². The van der Waals surface area contributed by atoms with Crippen molar-refractivity contribution in [1.29, 1.82) is 0 Å². The molecule has 230 valence electrons. The fourth-order valence-corrected chi connectivity index (χ4v) is 5.31. The number of carbonyl (C=O) groups is 2. The van der Waals surface area contributed by atoms with E-state index in [-0.39, 0.29) is 18.9 Å². The summed E-state index contributed by atoms with van der Waals surface area (Å²) in [6, 6.07) is 20.6. The lowest BCUT2D eigenvalue weighted by atomic mass is 9.95. The summed E-state index contributed by atoms with van der Waals surface area (Å²) in [5, 5.41) is 22.5. The van der Waals surface area contributed by atoms with Crippen LogP contribution in [0, 0.1) is 10.1 Å². The number of amides is 1. The fraction of sp³-hybridized carbons (Fsp3) is 0.188. The summed E-state index contributed by atoms with van der Waals surface area (Å²) < 4.78 is 13.1. The Bertz CT molecular complexity index is 1830. The number of nitro groups is 1. The number of allylic oxidation sites excluding steroid dienone is 1. The smallest absolute Gasteiger partial charge is 0.338 e. The summed E-state index contributed by atoms with van der Waals surface area (Å²) in [5.41, 5.74) is 6.70. The van der Waals surface area contributed by atoms with Gasteiger partial charge in [-0.15, -0.1) is 0 Å². The van der Waals surface area contributed by atoms with Crippen molar-refractivity contribution in [2.45, 2.75) is 26.4 Å². The molecule has 12 nitrogen and oxygen atoms in total. The molecule has 1 aliphatic rings. The third kappa shape index (κ3) is 7.16. The first-order valence-electron chi connectivity index (χ1n) is 14.1. The van der Waals surface area contributed by atoms with Crippen LogP contribution in [0.15, 0.2) is 95.4 Å². The number of para-hydroxylation sites is 2. The number of benzene rings is 3. The van der Waals surface area contributed by atoms with Crippen molar-refractivity contribution in [3.05, 3.63) is 117 Å². The number of hydrogen-bond donors (Lipinski definition) is 3. The minimum atomic E-state index is -0.640. The third-order valence-corrected chi connectivity index (χ3v) is 7.29. The van der Waals surface area contributed by atoms with E-state index in [4.69, 9.17) is 21.7 Å². The zero-order valence-electron chi connectivity index (χ0n) is 24.5. The number of ether oxygens (including phenoxy) is 2. The van der Waals surface area contributed by atoms with E-state index in [0.29, 0.717) is 34.2 Å². The summed E-state index contributed by atoms with van der Waals surface area (Å²) in [6.45, 7) is 3.85. The van der Waals surface area contributed by atoms with Gasteiger partial charge in [-0.1, -0.05) is 48.5 Å². The molecule has 1 amide bonds. The van der Waals surface area contributed by atoms with Gasteiger partial charge in [-0.3, -0.25) is 14.9 Å². The molecule has 0 unspecified atom stereocenters. The molecule has 0 spiro atoms. The molecular weight excluding hydrogens is 596 g/mol. The highest BCUT2D eigenvalue weighted by atomic mass is 32.1. The van der Waals surface area contributed by atoms with Crippen LogP contribution in [-0.4, -0.2) is 45.9 Å². The normalized spacial score (nSPS) is 14.6. The Morgan fingerprint density at radius 1 is 1.11 bits per heavy atom. The lowest BCUT2D eigenvalue weighted by molar-refractivity contribution is -0.384. The highest BCUT2D eigenvalue weighted by Gasteiger charge is 2.32. The van der Waals surface area contributed by atoms with Crippen molar-refractivity contribution in [1.82, 2.24) is 20.6 Å².